The third-order valence-corrected chi connectivity index (χ3v) is 3.76. The molecule has 20 heavy (non-hydrogen) atoms. The lowest BCUT2D eigenvalue weighted by Crippen LogP contribution is -2.44. The third-order valence-electron chi connectivity index (χ3n) is 3.76. The van der Waals surface area contributed by atoms with Gasteiger partial charge in [-0.15, -0.1) is 0 Å². The number of rotatable bonds is 2. The van der Waals surface area contributed by atoms with Crippen LogP contribution in [0.2, 0.25) is 0 Å². The molecule has 1 heterocycles. The average molecular weight is 273 g/mol. The molecule has 110 valence electrons. The molecule has 0 spiro atoms. The van der Waals surface area contributed by atoms with Gasteiger partial charge in [0.15, 0.2) is 5.96 Å². The lowest BCUT2D eigenvalue weighted by atomic mass is 9.90. The van der Waals surface area contributed by atoms with Crippen LogP contribution < -0.4 is 5.73 Å². The smallest absolute Gasteiger partial charge is 0.191 e. The Hall–Kier alpha value is -1.51. The van der Waals surface area contributed by atoms with Crippen LogP contribution in [-0.4, -0.2) is 29.5 Å². The van der Waals surface area contributed by atoms with Crippen molar-refractivity contribution in [2.45, 2.75) is 45.6 Å². The summed E-state index contributed by atoms with van der Waals surface area (Å²) in [5.74, 6) is 1.48. The lowest BCUT2D eigenvalue weighted by Gasteiger charge is -2.33. The molecule has 0 unspecified atom stereocenters. The Morgan fingerprint density at radius 2 is 1.80 bits per heavy atom. The van der Waals surface area contributed by atoms with E-state index in [2.05, 4.69) is 61.0 Å². The van der Waals surface area contributed by atoms with E-state index in [1.807, 2.05) is 0 Å². The molecule has 1 saturated heterocycles. The lowest BCUT2D eigenvalue weighted by molar-refractivity contribution is 0.261. The van der Waals surface area contributed by atoms with Gasteiger partial charge in [0, 0.05) is 13.1 Å². The molecule has 2 N–H and O–H groups in total. The molecule has 1 aromatic rings. The van der Waals surface area contributed by atoms with Crippen molar-refractivity contribution < 1.29 is 0 Å². The summed E-state index contributed by atoms with van der Waals surface area (Å²) in [7, 11) is 0. The zero-order valence-corrected chi connectivity index (χ0v) is 13.0. The number of guanidine groups is 1. The van der Waals surface area contributed by atoms with Crippen LogP contribution in [0.4, 0.5) is 0 Å². The van der Waals surface area contributed by atoms with Crippen molar-refractivity contribution in [2.75, 3.05) is 13.1 Å². The Kier molecular flexibility index (Phi) is 4.69. The summed E-state index contributed by atoms with van der Waals surface area (Å²) < 4.78 is 0. The third kappa shape index (κ3) is 4.55. The number of benzene rings is 1. The van der Waals surface area contributed by atoms with Crippen LogP contribution in [0.3, 0.4) is 0 Å². The summed E-state index contributed by atoms with van der Waals surface area (Å²) in [5, 5.41) is 0. The fourth-order valence-corrected chi connectivity index (χ4v) is 2.73. The molecule has 0 aliphatic carbocycles. The molecule has 0 atom stereocenters. The van der Waals surface area contributed by atoms with Gasteiger partial charge in [0.05, 0.1) is 5.54 Å². The summed E-state index contributed by atoms with van der Waals surface area (Å²) in [6.45, 7) is 8.32. The quantitative estimate of drug-likeness (QED) is 0.664. The summed E-state index contributed by atoms with van der Waals surface area (Å²) >= 11 is 0. The molecule has 2 rings (SSSR count). The van der Waals surface area contributed by atoms with E-state index in [0.717, 1.165) is 19.0 Å². The van der Waals surface area contributed by atoms with Crippen LogP contribution in [0.5, 0.6) is 0 Å². The predicted molar refractivity (Wildman–Crippen MR) is 85.8 cm³/mol. The zero-order valence-electron chi connectivity index (χ0n) is 13.0. The van der Waals surface area contributed by atoms with E-state index < -0.39 is 0 Å². The molecular weight excluding hydrogens is 246 g/mol. The normalized spacial score (nSPS) is 18.4. The van der Waals surface area contributed by atoms with Crippen molar-refractivity contribution in [2.24, 2.45) is 16.6 Å². The van der Waals surface area contributed by atoms with Gasteiger partial charge in [0.25, 0.3) is 0 Å². The maximum Gasteiger partial charge on any atom is 0.191 e. The molecule has 3 nitrogen and oxygen atoms in total. The van der Waals surface area contributed by atoms with Gasteiger partial charge in [-0.05, 0) is 51.5 Å². The minimum Gasteiger partial charge on any atom is -0.370 e. The molecule has 1 fully saturated rings. The second-order valence-corrected chi connectivity index (χ2v) is 6.76. The highest BCUT2D eigenvalue weighted by atomic mass is 15.3. The Balaban J connectivity index is 1.85. The van der Waals surface area contributed by atoms with Gasteiger partial charge in [-0.1, -0.05) is 30.3 Å². The van der Waals surface area contributed by atoms with E-state index in [0.29, 0.717) is 5.96 Å². The topological polar surface area (TPSA) is 41.6 Å². The second-order valence-electron chi connectivity index (χ2n) is 6.76. The van der Waals surface area contributed by atoms with Gasteiger partial charge < -0.3 is 10.6 Å². The molecule has 0 saturated carbocycles. The van der Waals surface area contributed by atoms with Gasteiger partial charge >= 0.3 is 0 Å². The van der Waals surface area contributed by atoms with Crippen molar-refractivity contribution in [1.82, 2.24) is 4.90 Å². The van der Waals surface area contributed by atoms with E-state index in [1.165, 1.54) is 24.8 Å². The monoisotopic (exact) mass is 273 g/mol. The van der Waals surface area contributed by atoms with Crippen LogP contribution in [0.25, 0.3) is 0 Å². The largest absolute Gasteiger partial charge is 0.370 e. The molecule has 0 amide bonds. The predicted octanol–water partition coefficient (Wildman–Crippen LogP) is 3.05. The Labute approximate surface area is 122 Å². The van der Waals surface area contributed by atoms with Crippen molar-refractivity contribution in [3.05, 3.63) is 35.9 Å². The van der Waals surface area contributed by atoms with E-state index in [1.54, 1.807) is 0 Å². The Bertz CT molecular complexity index is 437. The van der Waals surface area contributed by atoms with Gasteiger partial charge in [0.2, 0.25) is 0 Å². The molecule has 1 aromatic carbocycles. The first-order chi connectivity index (χ1) is 9.44. The van der Waals surface area contributed by atoms with Crippen LogP contribution in [0.15, 0.2) is 35.3 Å². The van der Waals surface area contributed by atoms with Crippen LogP contribution in [0.1, 0.15) is 39.2 Å². The highest BCUT2D eigenvalue weighted by Gasteiger charge is 2.21. The van der Waals surface area contributed by atoms with Crippen LogP contribution >= 0.6 is 0 Å². The zero-order chi connectivity index (χ0) is 14.6. The van der Waals surface area contributed by atoms with Crippen molar-refractivity contribution in [1.29, 1.82) is 0 Å². The molecule has 1 aliphatic heterocycles. The number of aliphatic imine (C=N–C) groups is 1. The number of nitrogens with zero attached hydrogens (tertiary/aromatic N) is 2. The maximum absolute atomic E-state index is 6.11. The SMILES string of the molecule is CC(C)(C)N=C(N)N1CCC(Cc2ccccc2)CC1. The number of piperidine rings is 1. The maximum atomic E-state index is 6.11. The molecule has 0 radical (unpaired) electrons. The van der Waals surface area contributed by atoms with Crippen LogP contribution in [0, 0.1) is 5.92 Å². The van der Waals surface area contributed by atoms with Crippen molar-refractivity contribution in [3.63, 3.8) is 0 Å². The molecule has 3 heteroatoms. The minimum absolute atomic E-state index is 0.0923. The van der Waals surface area contributed by atoms with Crippen molar-refractivity contribution >= 4 is 5.96 Å². The second kappa shape index (κ2) is 6.29. The molecular formula is C17H27N3. The summed E-state index contributed by atoms with van der Waals surface area (Å²) in [6.07, 6.45) is 3.59. The fourth-order valence-electron chi connectivity index (χ4n) is 2.73. The number of hydrogen-bond acceptors (Lipinski definition) is 1. The summed E-state index contributed by atoms with van der Waals surface area (Å²) in [4.78, 5) is 6.79. The fraction of sp³-hybridized carbons (Fsp3) is 0.588. The van der Waals surface area contributed by atoms with Gasteiger partial charge in [-0.25, -0.2) is 4.99 Å². The average Bonchev–Trinajstić information content (AvgIpc) is 2.39. The number of likely N-dealkylation sites (tertiary alicyclic amines) is 1. The van der Waals surface area contributed by atoms with Gasteiger partial charge in [0.1, 0.15) is 0 Å². The molecule has 1 aliphatic rings. The first kappa shape index (κ1) is 14.9. The Morgan fingerprint density at radius 1 is 1.20 bits per heavy atom. The number of nitrogens with two attached hydrogens (primary N) is 1. The highest BCUT2D eigenvalue weighted by molar-refractivity contribution is 5.78. The first-order valence-corrected chi connectivity index (χ1v) is 7.58. The van der Waals surface area contributed by atoms with E-state index in [-0.39, 0.29) is 5.54 Å². The Morgan fingerprint density at radius 3 is 2.35 bits per heavy atom. The first-order valence-electron chi connectivity index (χ1n) is 7.58. The standard InChI is InChI=1S/C17H27N3/c1-17(2,3)19-16(18)20-11-9-15(10-12-20)13-14-7-5-4-6-8-14/h4-8,15H,9-13H2,1-3H3,(H2,18,19). The van der Waals surface area contributed by atoms with Crippen LogP contribution in [-0.2, 0) is 6.42 Å². The highest BCUT2D eigenvalue weighted by Crippen LogP contribution is 2.21. The summed E-state index contributed by atoms with van der Waals surface area (Å²) in [6, 6.07) is 10.8. The van der Waals surface area contributed by atoms with E-state index in [9.17, 15) is 0 Å². The minimum atomic E-state index is -0.0923. The van der Waals surface area contributed by atoms with Gasteiger partial charge in [-0.3, -0.25) is 0 Å². The molecule has 0 bridgehead atoms. The van der Waals surface area contributed by atoms with Crippen molar-refractivity contribution in [3.8, 4) is 0 Å². The van der Waals surface area contributed by atoms with E-state index >= 15 is 0 Å². The summed E-state index contributed by atoms with van der Waals surface area (Å²) in [5.41, 5.74) is 7.46. The van der Waals surface area contributed by atoms with Gasteiger partial charge in [-0.2, -0.15) is 0 Å². The van der Waals surface area contributed by atoms with E-state index in [4.69, 9.17) is 5.73 Å². The number of hydrogen-bond donors (Lipinski definition) is 1. The molecule has 0 aromatic heterocycles.